The minimum atomic E-state index is -4.19. The Kier molecular flexibility index (Phi) is 2.54. The second-order valence-electron chi connectivity index (χ2n) is 3.54. The monoisotopic (exact) mass is 235 g/mol. The van der Waals surface area contributed by atoms with Gasteiger partial charge in [0.25, 0.3) is 0 Å². The van der Waals surface area contributed by atoms with Gasteiger partial charge in [0.2, 0.25) is 0 Å². The van der Waals surface area contributed by atoms with E-state index in [0.717, 1.165) is 0 Å². The fraction of sp³-hybridized carbons (Fsp3) is 0.400. The van der Waals surface area contributed by atoms with Crippen LogP contribution in [0.5, 0.6) is 0 Å². The first kappa shape index (κ1) is 10.6. The molecule has 1 N–H and O–H groups in total. The van der Waals surface area contributed by atoms with Gasteiger partial charge in [0, 0.05) is 17.3 Å². The first-order valence-corrected chi connectivity index (χ1v) is 4.96. The van der Waals surface area contributed by atoms with Crippen molar-refractivity contribution in [3.63, 3.8) is 0 Å². The lowest BCUT2D eigenvalue weighted by atomic mass is 9.90. The fourth-order valence-corrected chi connectivity index (χ4v) is 2.01. The standard InChI is InChI=1S/C10H9ClF3N/c11-6-1-2-9-7(5-6)8(3-4-15-9)10(12,13)14/h1-2,5,8,15H,3-4H2. The number of fused-ring (bicyclic) bond motifs is 1. The SMILES string of the molecule is FC(F)(F)C1CCNc2ccc(Cl)cc21. The summed E-state index contributed by atoms with van der Waals surface area (Å²) in [6.07, 6.45) is -4.13. The van der Waals surface area contributed by atoms with Crippen molar-refractivity contribution < 1.29 is 13.2 Å². The van der Waals surface area contributed by atoms with Gasteiger partial charge in [-0.1, -0.05) is 11.6 Å². The van der Waals surface area contributed by atoms with Gasteiger partial charge in [0.15, 0.2) is 0 Å². The van der Waals surface area contributed by atoms with Gasteiger partial charge in [-0.25, -0.2) is 0 Å². The molecule has 1 unspecified atom stereocenters. The number of hydrogen-bond donors (Lipinski definition) is 1. The third-order valence-electron chi connectivity index (χ3n) is 2.53. The van der Waals surface area contributed by atoms with Crippen LogP contribution in [0.25, 0.3) is 0 Å². The van der Waals surface area contributed by atoms with Gasteiger partial charge in [0.1, 0.15) is 0 Å². The van der Waals surface area contributed by atoms with E-state index < -0.39 is 12.1 Å². The molecule has 0 aliphatic carbocycles. The van der Waals surface area contributed by atoms with Crippen LogP contribution in [0, 0.1) is 0 Å². The van der Waals surface area contributed by atoms with Crippen molar-refractivity contribution in [2.45, 2.75) is 18.5 Å². The van der Waals surface area contributed by atoms with Crippen LogP contribution in [0.15, 0.2) is 18.2 Å². The summed E-state index contributed by atoms with van der Waals surface area (Å²) >= 11 is 5.70. The van der Waals surface area contributed by atoms with Crippen molar-refractivity contribution >= 4 is 17.3 Å². The van der Waals surface area contributed by atoms with E-state index >= 15 is 0 Å². The maximum atomic E-state index is 12.7. The fourth-order valence-electron chi connectivity index (χ4n) is 1.83. The third kappa shape index (κ3) is 2.04. The molecular weight excluding hydrogens is 227 g/mol. The van der Waals surface area contributed by atoms with Gasteiger partial charge in [-0.15, -0.1) is 0 Å². The summed E-state index contributed by atoms with van der Waals surface area (Å²) in [6, 6.07) is 4.57. The Morgan fingerprint density at radius 3 is 2.73 bits per heavy atom. The summed E-state index contributed by atoms with van der Waals surface area (Å²) in [6.45, 7) is 0.346. The summed E-state index contributed by atoms with van der Waals surface area (Å²) in [5.41, 5.74) is 0.786. The molecule has 1 heterocycles. The van der Waals surface area contributed by atoms with Crippen LogP contribution in [0.3, 0.4) is 0 Å². The van der Waals surface area contributed by atoms with Gasteiger partial charge >= 0.3 is 6.18 Å². The molecule has 1 aromatic carbocycles. The second-order valence-corrected chi connectivity index (χ2v) is 3.98. The lowest BCUT2D eigenvalue weighted by molar-refractivity contribution is -0.151. The molecule has 0 saturated heterocycles. The molecule has 1 aliphatic rings. The van der Waals surface area contributed by atoms with Gasteiger partial charge in [0.05, 0.1) is 5.92 Å². The van der Waals surface area contributed by atoms with Gasteiger partial charge in [-0.3, -0.25) is 0 Å². The highest BCUT2D eigenvalue weighted by molar-refractivity contribution is 6.30. The smallest absolute Gasteiger partial charge is 0.385 e. The Labute approximate surface area is 90.2 Å². The molecule has 1 nitrogen and oxygen atoms in total. The lowest BCUT2D eigenvalue weighted by Gasteiger charge is -2.28. The average Bonchev–Trinajstić information content (AvgIpc) is 2.15. The summed E-state index contributed by atoms with van der Waals surface area (Å²) in [5, 5.41) is 3.27. The topological polar surface area (TPSA) is 12.0 Å². The summed E-state index contributed by atoms with van der Waals surface area (Å²) in [5.74, 6) is -1.40. The largest absolute Gasteiger partial charge is 0.395 e. The highest BCUT2D eigenvalue weighted by Gasteiger charge is 2.42. The van der Waals surface area contributed by atoms with Crippen molar-refractivity contribution in [2.75, 3.05) is 11.9 Å². The molecular formula is C10H9ClF3N. The number of benzene rings is 1. The molecule has 0 amide bonds. The normalized spacial score (nSPS) is 20.7. The second kappa shape index (κ2) is 3.59. The van der Waals surface area contributed by atoms with Crippen molar-refractivity contribution in [1.82, 2.24) is 0 Å². The molecule has 82 valence electrons. The van der Waals surface area contributed by atoms with Gasteiger partial charge in [-0.2, -0.15) is 13.2 Å². The van der Waals surface area contributed by atoms with E-state index in [1.165, 1.54) is 6.07 Å². The number of nitrogens with one attached hydrogen (secondary N) is 1. The highest BCUT2D eigenvalue weighted by atomic mass is 35.5. The van der Waals surface area contributed by atoms with Crippen LogP contribution >= 0.6 is 11.6 Å². The van der Waals surface area contributed by atoms with Crippen molar-refractivity contribution in [3.8, 4) is 0 Å². The minimum absolute atomic E-state index is 0.0663. The summed E-state index contributed by atoms with van der Waals surface area (Å²) in [7, 11) is 0. The molecule has 15 heavy (non-hydrogen) atoms. The van der Waals surface area contributed by atoms with E-state index in [1.807, 2.05) is 0 Å². The Hall–Kier alpha value is -0.900. The quantitative estimate of drug-likeness (QED) is 0.721. The molecule has 2 rings (SSSR count). The molecule has 5 heteroatoms. The third-order valence-corrected chi connectivity index (χ3v) is 2.77. The van der Waals surface area contributed by atoms with E-state index in [-0.39, 0.29) is 12.0 Å². The summed E-state index contributed by atoms with van der Waals surface area (Å²) < 4.78 is 38.0. The molecule has 0 fully saturated rings. The van der Waals surface area contributed by atoms with Crippen molar-refractivity contribution in [3.05, 3.63) is 28.8 Å². The average molecular weight is 236 g/mol. The van der Waals surface area contributed by atoms with E-state index in [9.17, 15) is 13.2 Å². The number of rotatable bonds is 0. The Morgan fingerprint density at radius 2 is 2.07 bits per heavy atom. The van der Waals surface area contributed by atoms with Crippen LogP contribution in [-0.2, 0) is 0 Å². The maximum absolute atomic E-state index is 12.7. The number of anilines is 1. The van der Waals surface area contributed by atoms with Crippen LogP contribution in [0.2, 0.25) is 5.02 Å². The predicted octanol–water partition coefficient (Wildman–Crippen LogP) is 3.80. The molecule has 1 aliphatic heterocycles. The maximum Gasteiger partial charge on any atom is 0.395 e. The Morgan fingerprint density at radius 1 is 1.33 bits per heavy atom. The Bertz CT molecular complexity index is 375. The zero-order valence-electron chi connectivity index (χ0n) is 7.74. The number of hydrogen-bond acceptors (Lipinski definition) is 1. The molecule has 0 spiro atoms. The number of halogens is 4. The van der Waals surface area contributed by atoms with Crippen LogP contribution < -0.4 is 5.32 Å². The number of alkyl halides is 3. The predicted molar refractivity (Wildman–Crippen MR) is 53.4 cm³/mol. The summed E-state index contributed by atoms with van der Waals surface area (Å²) in [4.78, 5) is 0. The van der Waals surface area contributed by atoms with Crippen LogP contribution in [0.4, 0.5) is 18.9 Å². The van der Waals surface area contributed by atoms with Crippen LogP contribution in [0.1, 0.15) is 17.9 Å². The van der Waals surface area contributed by atoms with E-state index in [4.69, 9.17) is 11.6 Å². The van der Waals surface area contributed by atoms with E-state index in [0.29, 0.717) is 17.3 Å². The highest BCUT2D eigenvalue weighted by Crippen LogP contribution is 2.43. The molecule has 0 saturated carbocycles. The minimum Gasteiger partial charge on any atom is -0.385 e. The molecule has 1 atom stereocenters. The van der Waals surface area contributed by atoms with Gasteiger partial charge < -0.3 is 5.32 Å². The van der Waals surface area contributed by atoms with E-state index in [1.54, 1.807) is 12.1 Å². The van der Waals surface area contributed by atoms with E-state index in [2.05, 4.69) is 5.32 Å². The van der Waals surface area contributed by atoms with Crippen molar-refractivity contribution in [1.29, 1.82) is 0 Å². The zero-order valence-corrected chi connectivity index (χ0v) is 8.49. The molecule has 0 aromatic heterocycles. The van der Waals surface area contributed by atoms with Crippen LogP contribution in [-0.4, -0.2) is 12.7 Å². The molecule has 1 aromatic rings. The molecule has 0 radical (unpaired) electrons. The van der Waals surface area contributed by atoms with Gasteiger partial charge in [-0.05, 0) is 30.2 Å². The molecule has 0 bridgehead atoms. The zero-order chi connectivity index (χ0) is 11.1. The van der Waals surface area contributed by atoms with Crippen molar-refractivity contribution in [2.24, 2.45) is 0 Å². The lowest BCUT2D eigenvalue weighted by Crippen LogP contribution is -2.28. The first-order valence-electron chi connectivity index (χ1n) is 4.58. The Balaban J connectivity index is 2.45. The first-order chi connectivity index (χ1) is 6.98.